The minimum absolute atomic E-state index is 0.0235. The van der Waals surface area contributed by atoms with Crippen LogP contribution in [-0.2, 0) is 0 Å². The van der Waals surface area contributed by atoms with E-state index in [1.807, 2.05) is 11.1 Å². The number of carbonyl (C=O) groups excluding carboxylic acids is 1. The van der Waals surface area contributed by atoms with Crippen LogP contribution in [0.15, 0.2) is 12.4 Å². The van der Waals surface area contributed by atoms with Gasteiger partial charge in [-0.1, -0.05) is 13.8 Å². The summed E-state index contributed by atoms with van der Waals surface area (Å²) >= 11 is 0. The van der Waals surface area contributed by atoms with Crippen molar-refractivity contribution >= 4 is 6.03 Å². The SMILES string of the molecule is CC(O)CC(C)(C)CNC(=O)N1CCCCC1c1cn[nH]c1. The number of aromatic nitrogens is 2. The van der Waals surface area contributed by atoms with Gasteiger partial charge in [0.05, 0.1) is 18.3 Å². The maximum atomic E-state index is 12.6. The molecule has 0 aliphatic carbocycles. The first kappa shape index (κ1) is 16.8. The molecular formula is C16H28N4O2. The molecule has 0 bridgehead atoms. The van der Waals surface area contributed by atoms with Gasteiger partial charge < -0.3 is 15.3 Å². The average Bonchev–Trinajstić information content (AvgIpc) is 2.97. The summed E-state index contributed by atoms with van der Waals surface area (Å²) in [7, 11) is 0. The van der Waals surface area contributed by atoms with Crippen molar-refractivity contribution in [3.05, 3.63) is 18.0 Å². The first-order valence-corrected chi connectivity index (χ1v) is 8.10. The van der Waals surface area contributed by atoms with Crippen molar-refractivity contribution in [2.45, 2.75) is 58.6 Å². The Balaban J connectivity index is 1.95. The van der Waals surface area contributed by atoms with E-state index in [4.69, 9.17) is 0 Å². The van der Waals surface area contributed by atoms with Gasteiger partial charge >= 0.3 is 6.03 Å². The van der Waals surface area contributed by atoms with Gasteiger partial charge in [-0.05, 0) is 38.0 Å². The van der Waals surface area contributed by atoms with Crippen molar-refractivity contribution in [1.29, 1.82) is 0 Å². The van der Waals surface area contributed by atoms with Gasteiger partial charge in [0, 0.05) is 24.8 Å². The van der Waals surface area contributed by atoms with Gasteiger partial charge in [0.15, 0.2) is 0 Å². The van der Waals surface area contributed by atoms with Crippen LogP contribution in [0.2, 0.25) is 0 Å². The molecule has 2 rings (SSSR count). The first-order chi connectivity index (χ1) is 10.4. The van der Waals surface area contributed by atoms with E-state index in [9.17, 15) is 9.90 Å². The van der Waals surface area contributed by atoms with Gasteiger partial charge in [0.1, 0.15) is 0 Å². The number of carbonyl (C=O) groups is 1. The molecule has 6 nitrogen and oxygen atoms in total. The van der Waals surface area contributed by atoms with Gasteiger partial charge in [0.25, 0.3) is 0 Å². The van der Waals surface area contributed by atoms with Crippen LogP contribution >= 0.6 is 0 Å². The number of aliphatic hydroxyl groups excluding tert-OH is 1. The number of rotatable bonds is 5. The third-order valence-electron chi connectivity index (χ3n) is 4.23. The average molecular weight is 308 g/mol. The number of H-pyrrole nitrogens is 1. The van der Waals surface area contributed by atoms with Crippen molar-refractivity contribution in [3.8, 4) is 0 Å². The Morgan fingerprint density at radius 1 is 1.59 bits per heavy atom. The van der Waals surface area contributed by atoms with Crippen molar-refractivity contribution in [2.24, 2.45) is 5.41 Å². The van der Waals surface area contributed by atoms with Crippen LogP contribution < -0.4 is 5.32 Å². The second-order valence-corrected chi connectivity index (χ2v) is 7.11. The predicted octanol–water partition coefficient (Wildman–Crippen LogP) is 2.44. The maximum absolute atomic E-state index is 12.6. The number of nitrogens with one attached hydrogen (secondary N) is 2. The number of amides is 2. The molecule has 1 aliphatic rings. The molecule has 2 heterocycles. The van der Waals surface area contributed by atoms with E-state index >= 15 is 0 Å². The molecule has 1 aromatic rings. The summed E-state index contributed by atoms with van der Waals surface area (Å²) in [6.45, 7) is 7.24. The molecule has 2 amide bonds. The standard InChI is InChI=1S/C16H28N4O2/c1-12(21)8-16(2,3)11-17-15(22)20-7-5-4-6-14(20)13-9-18-19-10-13/h9-10,12,14,21H,4-8,11H2,1-3H3,(H,17,22)(H,18,19). The molecule has 1 fully saturated rings. The zero-order valence-electron chi connectivity index (χ0n) is 13.8. The number of aliphatic hydroxyl groups is 1. The minimum atomic E-state index is -0.361. The highest BCUT2D eigenvalue weighted by molar-refractivity contribution is 5.75. The van der Waals surface area contributed by atoms with Gasteiger partial charge in [-0.15, -0.1) is 0 Å². The highest BCUT2D eigenvalue weighted by atomic mass is 16.3. The highest BCUT2D eigenvalue weighted by Crippen LogP contribution is 2.30. The van der Waals surface area contributed by atoms with Crippen molar-refractivity contribution in [3.63, 3.8) is 0 Å². The van der Waals surface area contributed by atoms with Crippen LogP contribution in [0.3, 0.4) is 0 Å². The molecule has 124 valence electrons. The molecule has 2 unspecified atom stereocenters. The summed E-state index contributed by atoms with van der Waals surface area (Å²) < 4.78 is 0. The molecule has 0 saturated carbocycles. The van der Waals surface area contributed by atoms with Gasteiger partial charge in [-0.3, -0.25) is 5.10 Å². The number of aromatic amines is 1. The van der Waals surface area contributed by atoms with Crippen molar-refractivity contribution in [1.82, 2.24) is 20.4 Å². The number of likely N-dealkylation sites (tertiary alicyclic amines) is 1. The Hall–Kier alpha value is -1.56. The quantitative estimate of drug-likeness (QED) is 0.781. The summed E-state index contributed by atoms with van der Waals surface area (Å²) in [5.41, 5.74) is 0.947. The van der Waals surface area contributed by atoms with E-state index in [1.54, 1.807) is 13.1 Å². The van der Waals surface area contributed by atoms with Crippen LogP contribution in [-0.4, -0.2) is 45.4 Å². The molecule has 0 spiro atoms. The Morgan fingerprint density at radius 2 is 2.36 bits per heavy atom. The zero-order chi connectivity index (χ0) is 16.2. The second-order valence-electron chi connectivity index (χ2n) is 7.11. The summed E-state index contributed by atoms with van der Waals surface area (Å²) in [5, 5.41) is 19.4. The molecule has 22 heavy (non-hydrogen) atoms. The molecule has 0 aromatic carbocycles. The summed E-state index contributed by atoms with van der Waals surface area (Å²) in [4.78, 5) is 14.5. The molecule has 3 N–H and O–H groups in total. The summed E-state index contributed by atoms with van der Waals surface area (Å²) in [6, 6.07) is 0.0805. The predicted molar refractivity (Wildman–Crippen MR) is 85.4 cm³/mol. The number of urea groups is 1. The van der Waals surface area contributed by atoms with E-state index in [-0.39, 0.29) is 23.6 Å². The van der Waals surface area contributed by atoms with Crippen LogP contribution in [0.1, 0.15) is 58.1 Å². The van der Waals surface area contributed by atoms with E-state index in [1.165, 1.54) is 0 Å². The van der Waals surface area contributed by atoms with Crippen molar-refractivity contribution < 1.29 is 9.90 Å². The third kappa shape index (κ3) is 4.47. The lowest BCUT2D eigenvalue weighted by molar-refractivity contribution is 0.121. The second kappa shape index (κ2) is 7.13. The molecule has 1 aliphatic heterocycles. The van der Waals surface area contributed by atoms with Crippen LogP contribution in [0, 0.1) is 5.41 Å². The van der Waals surface area contributed by atoms with E-state index < -0.39 is 0 Å². The van der Waals surface area contributed by atoms with E-state index in [0.29, 0.717) is 13.0 Å². The Bertz CT molecular complexity index is 471. The summed E-state index contributed by atoms with van der Waals surface area (Å²) in [5.74, 6) is 0. The lowest BCUT2D eigenvalue weighted by atomic mass is 9.87. The fourth-order valence-corrected chi connectivity index (χ4v) is 3.25. The minimum Gasteiger partial charge on any atom is -0.393 e. The summed E-state index contributed by atoms with van der Waals surface area (Å²) in [6.07, 6.45) is 7.12. The molecule has 2 atom stereocenters. The number of nitrogens with zero attached hydrogens (tertiary/aromatic N) is 2. The Morgan fingerprint density at radius 3 is 3.00 bits per heavy atom. The first-order valence-electron chi connectivity index (χ1n) is 8.10. The zero-order valence-corrected chi connectivity index (χ0v) is 13.8. The van der Waals surface area contributed by atoms with E-state index in [0.717, 1.165) is 31.4 Å². The van der Waals surface area contributed by atoms with Crippen LogP contribution in [0.4, 0.5) is 4.79 Å². The molecule has 1 saturated heterocycles. The highest BCUT2D eigenvalue weighted by Gasteiger charge is 2.29. The van der Waals surface area contributed by atoms with E-state index in [2.05, 4.69) is 29.4 Å². The largest absolute Gasteiger partial charge is 0.393 e. The molecule has 0 radical (unpaired) electrons. The monoisotopic (exact) mass is 308 g/mol. The maximum Gasteiger partial charge on any atom is 0.317 e. The molecule has 6 heteroatoms. The third-order valence-corrected chi connectivity index (χ3v) is 4.23. The van der Waals surface area contributed by atoms with Crippen molar-refractivity contribution in [2.75, 3.05) is 13.1 Å². The number of hydrogen-bond donors (Lipinski definition) is 3. The van der Waals surface area contributed by atoms with Gasteiger partial charge in [0.2, 0.25) is 0 Å². The van der Waals surface area contributed by atoms with Crippen LogP contribution in [0.25, 0.3) is 0 Å². The molecule has 1 aromatic heterocycles. The Kier molecular flexibility index (Phi) is 5.45. The van der Waals surface area contributed by atoms with Crippen LogP contribution in [0.5, 0.6) is 0 Å². The topological polar surface area (TPSA) is 81.2 Å². The number of hydrogen-bond acceptors (Lipinski definition) is 3. The number of piperidine rings is 1. The van der Waals surface area contributed by atoms with Gasteiger partial charge in [-0.2, -0.15) is 5.10 Å². The lowest BCUT2D eigenvalue weighted by Crippen LogP contribution is -2.47. The normalized spacial score (nSPS) is 20.7. The Labute approximate surface area is 132 Å². The lowest BCUT2D eigenvalue weighted by Gasteiger charge is -2.36. The smallest absolute Gasteiger partial charge is 0.317 e. The fraction of sp³-hybridized carbons (Fsp3) is 0.750. The van der Waals surface area contributed by atoms with Gasteiger partial charge in [-0.25, -0.2) is 4.79 Å². The molecular weight excluding hydrogens is 280 g/mol. The fourth-order valence-electron chi connectivity index (χ4n) is 3.25.